The normalized spacial score (nSPS) is 19.3. The van der Waals surface area contributed by atoms with Crippen LogP contribution in [-0.2, 0) is 29.6 Å². The minimum atomic E-state index is -3.57. The number of sulfonamides is 2. The van der Waals surface area contributed by atoms with Crippen LogP contribution in [-0.4, -0.2) is 114 Å². The molecule has 12 nitrogen and oxygen atoms in total. The van der Waals surface area contributed by atoms with Gasteiger partial charge in [-0.3, -0.25) is 9.59 Å². The van der Waals surface area contributed by atoms with Crippen molar-refractivity contribution in [2.75, 3.05) is 66.5 Å². The molecule has 0 unspecified atom stereocenters. The molecule has 0 bridgehead atoms. The topological polar surface area (TPSA) is 139 Å². The second-order valence-electron chi connectivity index (χ2n) is 14.0. The highest BCUT2D eigenvalue weighted by molar-refractivity contribution is 7.89. The van der Waals surface area contributed by atoms with E-state index in [1.807, 2.05) is 62.6 Å². The molecule has 278 valence electrons. The fourth-order valence-electron chi connectivity index (χ4n) is 7.27. The first-order valence-corrected chi connectivity index (χ1v) is 20.7. The zero-order valence-electron chi connectivity index (χ0n) is 29.9. The Bertz CT molecular complexity index is 2240. The lowest BCUT2D eigenvalue weighted by Gasteiger charge is -2.31. The Balaban J connectivity index is 0.990. The highest BCUT2D eigenvalue weighted by atomic mass is 32.2. The SMILES string of the molecule is CN1CCN(S(=O)(=O)c2ccc(-c3ccc(C4=C5C(=O)NC(c6ccc(-c7ccc(S(=O)(=O)N8CCN(C)CC8)cc7)cc6)=C5C(=O)N4)cc3)cc2)CC1. The van der Waals surface area contributed by atoms with Crippen molar-refractivity contribution in [3.63, 3.8) is 0 Å². The van der Waals surface area contributed by atoms with Gasteiger partial charge >= 0.3 is 0 Å². The van der Waals surface area contributed by atoms with E-state index in [1.165, 1.54) is 8.61 Å². The second-order valence-corrected chi connectivity index (χ2v) is 17.9. The lowest BCUT2D eigenvalue weighted by molar-refractivity contribution is -0.117. The van der Waals surface area contributed by atoms with Gasteiger partial charge in [-0.2, -0.15) is 8.61 Å². The van der Waals surface area contributed by atoms with Crippen molar-refractivity contribution in [1.82, 2.24) is 29.0 Å². The Morgan fingerprint density at radius 3 is 0.963 bits per heavy atom. The molecule has 0 aromatic heterocycles. The minimum absolute atomic E-state index is 0.258. The molecule has 0 radical (unpaired) electrons. The lowest BCUT2D eigenvalue weighted by atomic mass is 9.99. The van der Waals surface area contributed by atoms with E-state index >= 15 is 0 Å². The summed E-state index contributed by atoms with van der Waals surface area (Å²) in [6, 6.07) is 28.5. The summed E-state index contributed by atoms with van der Waals surface area (Å²) in [4.78, 5) is 31.4. The minimum Gasteiger partial charge on any atom is -0.321 e. The van der Waals surface area contributed by atoms with E-state index in [4.69, 9.17) is 0 Å². The van der Waals surface area contributed by atoms with Crippen molar-refractivity contribution in [2.24, 2.45) is 0 Å². The van der Waals surface area contributed by atoms with Crippen LogP contribution < -0.4 is 10.6 Å². The molecule has 4 aliphatic rings. The number of fused-ring (bicyclic) bond motifs is 1. The standard InChI is InChI=1S/C40H40N6O6S2/c1-43-19-23-45(24-20-43)53(49,50)33-15-11-29(12-16-33)27-3-7-31(8-4-27)37-35-36(40(48)41-37)38(42-39(35)47)32-9-5-28(6-10-32)30-13-17-34(18-14-30)54(51,52)46-25-21-44(2)22-26-46/h3-18H,19-26H2,1-2H3,(H,41,48)(H,42,47). The summed E-state index contributed by atoms with van der Waals surface area (Å²) in [6.45, 7) is 4.63. The lowest BCUT2D eigenvalue weighted by Crippen LogP contribution is -2.46. The van der Waals surface area contributed by atoms with Crippen LogP contribution in [0.5, 0.6) is 0 Å². The van der Waals surface area contributed by atoms with Gasteiger partial charge in [-0.1, -0.05) is 72.8 Å². The second kappa shape index (κ2) is 14.0. The van der Waals surface area contributed by atoms with Crippen molar-refractivity contribution >= 4 is 43.3 Å². The molecule has 8 rings (SSSR count). The summed E-state index contributed by atoms with van der Waals surface area (Å²) >= 11 is 0. The van der Waals surface area contributed by atoms with E-state index < -0.39 is 20.0 Å². The molecule has 14 heteroatoms. The molecule has 4 aliphatic heterocycles. The van der Waals surface area contributed by atoms with Gasteiger partial charge in [0.2, 0.25) is 20.0 Å². The van der Waals surface area contributed by atoms with Gasteiger partial charge in [-0.15, -0.1) is 0 Å². The van der Waals surface area contributed by atoms with Crippen LogP contribution in [0.1, 0.15) is 11.1 Å². The van der Waals surface area contributed by atoms with Gasteiger partial charge in [-0.05, 0) is 71.7 Å². The first-order chi connectivity index (χ1) is 25.9. The number of rotatable bonds is 8. The average molecular weight is 765 g/mol. The van der Waals surface area contributed by atoms with E-state index in [2.05, 4.69) is 20.4 Å². The fraction of sp³-hybridized carbons (Fsp3) is 0.250. The van der Waals surface area contributed by atoms with Crippen LogP contribution in [0.25, 0.3) is 33.6 Å². The number of benzene rings is 4. The number of amides is 2. The maximum atomic E-state index is 13.3. The van der Waals surface area contributed by atoms with Crippen LogP contribution >= 0.6 is 0 Å². The van der Waals surface area contributed by atoms with Crippen LogP contribution in [0.15, 0.2) is 118 Å². The Morgan fingerprint density at radius 2 is 0.667 bits per heavy atom. The molecule has 2 N–H and O–H groups in total. The number of piperazine rings is 2. The van der Waals surface area contributed by atoms with Crippen LogP contribution in [0.3, 0.4) is 0 Å². The largest absolute Gasteiger partial charge is 0.321 e. The quantitative estimate of drug-likeness (QED) is 0.279. The zero-order chi connectivity index (χ0) is 37.8. The molecule has 4 heterocycles. The molecule has 54 heavy (non-hydrogen) atoms. The molecule has 0 spiro atoms. The van der Waals surface area contributed by atoms with Crippen molar-refractivity contribution in [3.8, 4) is 22.3 Å². The summed E-state index contributed by atoms with van der Waals surface area (Å²) in [6.07, 6.45) is 0. The van der Waals surface area contributed by atoms with Crippen molar-refractivity contribution in [1.29, 1.82) is 0 Å². The Kier molecular flexibility index (Phi) is 9.36. The predicted octanol–water partition coefficient (Wildman–Crippen LogP) is 3.27. The third kappa shape index (κ3) is 6.59. The number of hydrogen-bond acceptors (Lipinski definition) is 8. The number of carbonyl (C=O) groups is 2. The highest BCUT2D eigenvalue weighted by Gasteiger charge is 2.41. The molecule has 0 atom stereocenters. The third-order valence-corrected chi connectivity index (χ3v) is 14.4. The molecule has 0 saturated carbocycles. The van der Waals surface area contributed by atoms with Gasteiger partial charge in [0.05, 0.1) is 32.3 Å². The summed E-state index contributed by atoms with van der Waals surface area (Å²) < 4.78 is 55.7. The van der Waals surface area contributed by atoms with Crippen molar-refractivity contribution < 1.29 is 26.4 Å². The van der Waals surface area contributed by atoms with Crippen LogP contribution in [0.2, 0.25) is 0 Å². The maximum absolute atomic E-state index is 13.3. The van der Waals surface area contributed by atoms with Gasteiger partial charge in [-0.25, -0.2) is 16.8 Å². The van der Waals surface area contributed by atoms with Gasteiger partial charge in [0.25, 0.3) is 11.8 Å². The maximum Gasteiger partial charge on any atom is 0.258 e. The Labute approximate surface area is 315 Å². The van der Waals surface area contributed by atoms with E-state index in [9.17, 15) is 26.4 Å². The first-order valence-electron chi connectivity index (χ1n) is 17.8. The zero-order valence-corrected chi connectivity index (χ0v) is 31.6. The summed E-state index contributed by atoms with van der Waals surface area (Å²) in [5, 5.41) is 5.79. The smallest absolute Gasteiger partial charge is 0.258 e. The predicted molar refractivity (Wildman–Crippen MR) is 206 cm³/mol. The highest BCUT2D eigenvalue weighted by Crippen LogP contribution is 2.38. The molecular formula is C40H40N6O6S2. The molecule has 2 fully saturated rings. The fourth-order valence-corrected chi connectivity index (χ4v) is 10.1. The summed E-state index contributed by atoms with van der Waals surface area (Å²) in [5.41, 5.74) is 6.12. The van der Waals surface area contributed by atoms with Crippen molar-refractivity contribution in [2.45, 2.75) is 9.79 Å². The van der Waals surface area contributed by atoms with Gasteiger partial charge in [0.15, 0.2) is 0 Å². The number of likely N-dealkylation sites (N-methyl/N-ethyl adjacent to an activating group) is 2. The van der Waals surface area contributed by atoms with E-state index in [-0.39, 0.29) is 32.8 Å². The van der Waals surface area contributed by atoms with Crippen LogP contribution in [0, 0.1) is 0 Å². The first kappa shape index (κ1) is 36.0. The van der Waals surface area contributed by atoms with E-state index in [0.29, 0.717) is 74.9 Å². The molecule has 2 saturated heterocycles. The monoisotopic (exact) mass is 764 g/mol. The molecule has 0 aliphatic carbocycles. The van der Waals surface area contributed by atoms with Gasteiger partial charge in [0.1, 0.15) is 0 Å². The van der Waals surface area contributed by atoms with Gasteiger partial charge in [0, 0.05) is 52.4 Å². The number of carbonyl (C=O) groups excluding carboxylic acids is 2. The summed E-state index contributed by atoms with van der Waals surface area (Å²) in [7, 11) is -3.19. The number of hydrogen-bond donors (Lipinski definition) is 2. The number of nitrogens with zero attached hydrogens (tertiary/aromatic N) is 4. The molecule has 4 aromatic carbocycles. The van der Waals surface area contributed by atoms with Crippen LogP contribution in [0.4, 0.5) is 0 Å². The molecule has 4 aromatic rings. The van der Waals surface area contributed by atoms with E-state index in [0.717, 1.165) is 22.3 Å². The van der Waals surface area contributed by atoms with E-state index in [1.54, 1.807) is 48.5 Å². The third-order valence-electron chi connectivity index (χ3n) is 10.6. The van der Waals surface area contributed by atoms with Crippen molar-refractivity contribution in [3.05, 3.63) is 119 Å². The number of nitrogens with one attached hydrogen (secondary N) is 2. The molecule has 2 amide bonds. The average Bonchev–Trinajstić information content (AvgIpc) is 3.72. The molecular weight excluding hydrogens is 725 g/mol. The Morgan fingerprint density at radius 1 is 0.407 bits per heavy atom. The Hall–Kier alpha value is -4.96. The van der Waals surface area contributed by atoms with Gasteiger partial charge < -0.3 is 20.4 Å². The summed E-state index contributed by atoms with van der Waals surface area (Å²) in [5.74, 6) is -0.758.